The van der Waals surface area contributed by atoms with E-state index in [1.165, 1.54) is 69.7 Å². The first kappa shape index (κ1) is 32.5. The lowest BCUT2D eigenvalue weighted by molar-refractivity contribution is -0.141. The van der Waals surface area contributed by atoms with E-state index in [9.17, 15) is 24.3 Å². The molecular formula is C33H44N4O5. The summed E-state index contributed by atoms with van der Waals surface area (Å²) in [6.07, 6.45) is 13.0. The van der Waals surface area contributed by atoms with Crippen molar-refractivity contribution in [2.45, 2.75) is 103 Å². The number of rotatable bonds is 17. The van der Waals surface area contributed by atoms with E-state index < -0.39 is 30.2 Å². The van der Waals surface area contributed by atoms with E-state index in [1.807, 2.05) is 18.2 Å². The first-order chi connectivity index (χ1) is 20.3. The molecule has 0 saturated carbocycles. The lowest BCUT2D eigenvalue weighted by atomic mass is 10.0. The van der Waals surface area contributed by atoms with Crippen LogP contribution in [0.3, 0.4) is 0 Å². The van der Waals surface area contributed by atoms with Crippen LogP contribution in [0.1, 0.15) is 96.5 Å². The van der Waals surface area contributed by atoms with Crippen molar-refractivity contribution < 1.29 is 24.3 Å². The second-order valence-corrected chi connectivity index (χ2v) is 10.9. The molecule has 9 nitrogen and oxygen atoms in total. The van der Waals surface area contributed by atoms with E-state index in [0.717, 1.165) is 23.3 Å². The quantitative estimate of drug-likeness (QED) is 0.217. The highest BCUT2D eigenvalue weighted by atomic mass is 16.4. The molecule has 3 rings (SSSR count). The van der Waals surface area contributed by atoms with Crippen molar-refractivity contribution in [1.82, 2.24) is 5.32 Å². The fourth-order valence-electron chi connectivity index (χ4n) is 5.17. The van der Waals surface area contributed by atoms with Crippen LogP contribution in [-0.4, -0.2) is 40.7 Å². The van der Waals surface area contributed by atoms with E-state index in [0.29, 0.717) is 11.4 Å². The minimum Gasteiger partial charge on any atom is -0.480 e. The summed E-state index contributed by atoms with van der Waals surface area (Å²) in [6, 6.07) is 14.7. The Morgan fingerprint density at radius 1 is 0.905 bits per heavy atom. The van der Waals surface area contributed by atoms with E-state index in [-0.39, 0.29) is 18.2 Å². The van der Waals surface area contributed by atoms with Gasteiger partial charge in [0, 0.05) is 12.6 Å². The molecule has 0 fully saturated rings. The summed E-state index contributed by atoms with van der Waals surface area (Å²) in [6.45, 7) is 3.52. The van der Waals surface area contributed by atoms with Crippen LogP contribution in [0.2, 0.25) is 0 Å². The van der Waals surface area contributed by atoms with Gasteiger partial charge < -0.3 is 10.4 Å². The molecular weight excluding hydrogens is 532 g/mol. The molecule has 9 heteroatoms. The van der Waals surface area contributed by atoms with Crippen LogP contribution in [0.15, 0.2) is 59.7 Å². The van der Waals surface area contributed by atoms with E-state index in [2.05, 4.69) is 17.3 Å². The minimum atomic E-state index is -1.42. The van der Waals surface area contributed by atoms with Crippen LogP contribution >= 0.6 is 0 Å². The average Bonchev–Trinajstić information content (AvgIpc) is 3.34. The van der Waals surface area contributed by atoms with Crippen LogP contribution in [0.5, 0.6) is 0 Å². The molecule has 0 radical (unpaired) electrons. The van der Waals surface area contributed by atoms with Crippen LogP contribution in [0.4, 0.5) is 11.4 Å². The Morgan fingerprint density at radius 2 is 1.50 bits per heavy atom. The van der Waals surface area contributed by atoms with Crippen molar-refractivity contribution >= 4 is 40.9 Å². The SMILES string of the molecule is CCCCCCCCCCCCc1ccc(N(C(C)=O)C(CC(=O)NC2=NN(c3ccccc3)C(=O)C2)C(=O)O)cc1. The Balaban J connectivity index is 1.52. The predicted molar refractivity (Wildman–Crippen MR) is 165 cm³/mol. The van der Waals surface area contributed by atoms with Crippen LogP contribution in [0.25, 0.3) is 0 Å². The molecule has 1 aliphatic heterocycles. The van der Waals surface area contributed by atoms with Crippen LogP contribution in [-0.2, 0) is 25.6 Å². The number of carboxylic acid groups (broad SMARTS) is 1. The van der Waals surface area contributed by atoms with Gasteiger partial charge in [0.1, 0.15) is 11.9 Å². The molecule has 3 amide bonds. The number of nitrogens with zero attached hydrogens (tertiary/aromatic N) is 3. The molecule has 2 aromatic rings. The Labute approximate surface area is 249 Å². The maximum Gasteiger partial charge on any atom is 0.327 e. The summed E-state index contributed by atoms with van der Waals surface area (Å²) in [5.74, 6) is -2.61. The molecule has 226 valence electrons. The second-order valence-electron chi connectivity index (χ2n) is 10.9. The smallest absolute Gasteiger partial charge is 0.327 e. The standard InChI is InChI=1S/C33H44N4O5/c1-3-4-5-6-7-8-9-10-11-13-16-26-19-21-27(22-20-26)36(25(2)38)29(33(41)42)23-31(39)34-30-24-32(40)37(35-30)28-17-14-12-15-18-28/h12,14-15,17-22,29H,3-11,13,16,23-24H2,1-2H3,(H,41,42)(H,34,35,39). The van der Waals surface area contributed by atoms with Crippen molar-refractivity contribution in [1.29, 1.82) is 0 Å². The van der Waals surface area contributed by atoms with Gasteiger partial charge >= 0.3 is 5.97 Å². The number of amides is 3. The van der Waals surface area contributed by atoms with Crippen LogP contribution in [0, 0.1) is 0 Å². The van der Waals surface area contributed by atoms with Gasteiger partial charge in [0.2, 0.25) is 11.8 Å². The minimum absolute atomic E-state index is 0.116. The van der Waals surface area contributed by atoms with E-state index in [1.54, 1.807) is 36.4 Å². The lowest BCUT2D eigenvalue weighted by Crippen LogP contribution is -2.47. The maximum absolute atomic E-state index is 12.8. The lowest BCUT2D eigenvalue weighted by Gasteiger charge is -2.28. The number of carbonyl (C=O) groups excluding carboxylic acids is 3. The summed E-state index contributed by atoms with van der Waals surface area (Å²) < 4.78 is 0. The Bertz CT molecular complexity index is 1210. The van der Waals surface area contributed by atoms with E-state index in [4.69, 9.17) is 0 Å². The number of aryl methyl sites for hydroxylation is 1. The Kier molecular flexibility index (Phi) is 13.2. The molecule has 42 heavy (non-hydrogen) atoms. The van der Waals surface area contributed by atoms with Crippen molar-refractivity contribution in [3.63, 3.8) is 0 Å². The van der Waals surface area contributed by atoms with Gasteiger partial charge in [-0.05, 0) is 42.7 Å². The molecule has 2 N–H and O–H groups in total. The normalized spacial score (nSPS) is 13.5. The van der Waals surface area contributed by atoms with Crippen LogP contribution < -0.4 is 15.2 Å². The number of anilines is 2. The zero-order valence-electron chi connectivity index (χ0n) is 24.9. The maximum atomic E-state index is 12.8. The third-order valence-corrected chi connectivity index (χ3v) is 7.41. The molecule has 0 saturated heterocycles. The number of para-hydroxylation sites is 1. The Hall–Kier alpha value is -4.01. The summed E-state index contributed by atoms with van der Waals surface area (Å²) in [4.78, 5) is 51.1. The molecule has 1 heterocycles. The number of carbonyl (C=O) groups is 4. The zero-order chi connectivity index (χ0) is 30.3. The predicted octanol–water partition coefficient (Wildman–Crippen LogP) is 6.21. The molecule has 1 aliphatic rings. The fourth-order valence-corrected chi connectivity index (χ4v) is 5.17. The van der Waals surface area contributed by atoms with Gasteiger partial charge in [-0.15, -0.1) is 0 Å². The third-order valence-electron chi connectivity index (χ3n) is 7.41. The molecule has 0 spiro atoms. The van der Waals surface area contributed by atoms with Gasteiger partial charge in [0.05, 0.1) is 18.5 Å². The topological polar surface area (TPSA) is 119 Å². The van der Waals surface area contributed by atoms with Gasteiger partial charge in [-0.3, -0.25) is 19.3 Å². The van der Waals surface area contributed by atoms with E-state index >= 15 is 0 Å². The highest BCUT2D eigenvalue weighted by molar-refractivity contribution is 6.16. The summed E-state index contributed by atoms with van der Waals surface area (Å²) >= 11 is 0. The largest absolute Gasteiger partial charge is 0.480 e. The Morgan fingerprint density at radius 3 is 2.07 bits per heavy atom. The first-order valence-corrected chi connectivity index (χ1v) is 15.2. The number of nitrogens with one attached hydrogen (secondary N) is 1. The summed E-state index contributed by atoms with van der Waals surface area (Å²) in [7, 11) is 0. The number of hydrogen-bond acceptors (Lipinski definition) is 5. The van der Waals surface area contributed by atoms with Gasteiger partial charge in [-0.25, -0.2) is 4.79 Å². The molecule has 0 aliphatic carbocycles. The molecule has 1 unspecified atom stereocenters. The zero-order valence-corrected chi connectivity index (χ0v) is 24.9. The first-order valence-electron chi connectivity index (χ1n) is 15.2. The van der Waals surface area contributed by atoms with Crippen molar-refractivity contribution in [2.24, 2.45) is 5.10 Å². The highest BCUT2D eigenvalue weighted by Crippen LogP contribution is 2.23. The van der Waals surface area contributed by atoms with Crippen molar-refractivity contribution in [2.75, 3.05) is 9.91 Å². The number of hydrogen-bond donors (Lipinski definition) is 2. The number of aliphatic carboxylic acids is 1. The van der Waals surface area contributed by atoms with Gasteiger partial charge in [-0.2, -0.15) is 10.1 Å². The average molecular weight is 577 g/mol. The number of carboxylic acids is 1. The second kappa shape index (κ2) is 17.1. The summed E-state index contributed by atoms with van der Waals surface area (Å²) in [5.41, 5.74) is 2.10. The third kappa shape index (κ3) is 10.1. The number of amidine groups is 1. The monoisotopic (exact) mass is 576 g/mol. The number of unbranched alkanes of at least 4 members (excludes halogenated alkanes) is 9. The van der Waals surface area contributed by atoms with Gasteiger partial charge in [-0.1, -0.05) is 95.0 Å². The molecule has 0 bridgehead atoms. The van der Waals surface area contributed by atoms with Gasteiger partial charge in [0.25, 0.3) is 5.91 Å². The van der Waals surface area contributed by atoms with Gasteiger partial charge in [0.15, 0.2) is 0 Å². The number of hydrazone groups is 1. The highest BCUT2D eigenvalue weighted by Gasteiger charge is 2.33. The fraction of sp³-hybridized carbons (Fsp3) is 0.485. The molecule has 2 aromatic carbocycles. The number of benzene rings is 2. The van der Waals surface area contributed by atoms with Crippen molar-refractivity contribution in [3.8, 4) is 0 Å². The van der Waals surface area contributed by atoms with Crippen molar-refractivity contribution in [3.05, 3.63) is 60.2 Å². The molecule has 1 atom stereocenters. The summed E-state index contributed by atoms with van der Waals surface area (Å²) in [5, 5.41) is 17.9. The molecule has 0 aromatic heterocycles.